The molecule has 0 saturated carbocycles. The maximum absolute atomic E-state index is 12.9. The molecule has 1 aliphatic heterocycles. The molecule has 0 saturated heterocycles. The topological polar surface area (TPSA) is 109 Å². The smallest absolute Gasteiger partial charge is 0.410 e. The Balaban J connectivity index is 2.04. The Hall–Kier alpha value is -3.07. The van der Waals surface area contributed by atoms with Gasteiger partial charge >= 0.3 is 12.1 Å². The van der Waals surface area contributed by atoms with Crippen molar-refractivity contribution >= 4 is 12.1 Å². The van der Waals surface area contributed by atoms with Crippen LogP contribution >= 0.6 is 0 Å². The lowest BCUT2D eigenvalue weighted by Gasteiger charge is -2.36. The van der Waals surface area contributed by atoms with Crippen molar-refractivity contribution in [2.24, 2.45) is 5.73 Å². The van der Waals surface area contributed by atoms with Crippen LogP contribution in [-0.4, -0.2) is 59.2 Å². The standard InChI is InChI=1S/C24H34N4O5/c1-15(2)16-7-9-17(10-8-16)28-18-11-12-27(23(30)33-24(3,4)5)19(13-25)21(18)22(26-28)32-14-20(29)31-6/h7-10,15,19H,11-14,25H2,1-6H3/t19-/m0/s1. The molecule has 0 unspecified atom stereocenters. The summed E-state index contributed by atoms with van der Waals surface area (Å²) in [5.74, 6) is 0.143. The molecule has 0 spiro atoms. The van der Waals surface area contributed by atoms with Gasteiger partial charge in [0, 0.05) is 19.5 Å². The number of esters is 1. The molecule has 2 heterocycles. The van der Waals surface area contributed by atoms with Crippen LogP contribution in [0, 0.1) is 0 Å². The Morgan fingerprint density at radius 1 is 1.21 bits per heavy atom. The molecule has 0 radical (unpaired) electrons. The van der Waals surface area contributed by atoms with E-state index in [2.05, 4.69) is 31.1 Å². The summed E-state index contributed by atoms with van der Waals surface area (Å²) in [6.45, 7) is 10.0. The van der Waals surface area contributed by atoms with Crippen LogP contribution in [0.25, 0.3) is 5.69 Å². The summed E-state index contributed by atoms with van der Waals surface area (Å²) in [4.78, 5) is 26.2. The van der Waals surface area contributed by atoms with Gasteiger partial charge in [-0.3, -0.25) is 4.90 Å². The molecule has 9 nitrogen and oxygen atoms in total. The minimum absolute atomic E-state index is 0.152. The highest BCUT2D eigenvalue weighted by molar-refractivity contribution is 5.71. The Morgan fingerprint density at radius 2 is 1.88 bits per heavy atom. The van der Waals surface area contributed by atoms with Crippen LogP contribution < -0.4 is 10.5 Å². The Labute approximate surface area is 194 Å². The Kier molecular flexibility index (Phi) is 7.31. The third-order valence-electron chi connectivity index (χ3n) is 5.50. The lowest BCUT2D eigenvalue weighted by Crippen LogP contribution is -2.45. The number of carbonyl (C=O) groups excluding carboxylic acids is 2. The first-order valence-electron chi connectivity index (χ1n) is 11.2. The van der Waals surface area contributed by atoms with Gasteiger partial charge in [0.05, 0.1) is 30.1 Å². The molecule has 1 aromatic carbocycles. The minimum atomic E-state index is -0.636. The number of hydrogen-bond donors (Lipinski definition) is 1. The van der Waals surface area contributed by atoms with E-state index in [1.165, 1.54) is 12.7 Å². The third kappa shape index (κ3) is 5.47. The molecular formula is C24H34N4O5. The molecule has 2 aromatic rings. The second-order valence-electron chi connectivity index (χ2n) is 9.36. The zero-order chi connectivity index (χ0) is 24.3. The van der Waals surface area contributed by atoms with Crippen LogP contribution in [0.2, 0.25) is 0 Å². The van der Waals surface area contributed by atoms with Crippen molar-refractivity contribution in [3.8, 4) is 11.6 Å². The minimum Gasteiger partial charge on any atom is -0.466 e. The van der Waals surface area contributed by atoms with Gasteiger partial charge in [0.2, 0.25) is 5.88 Å². The monoisotopic (exact) mass is 458 g/mol. The van der Waals surface area contributed by atoms with E-state index in [0.29, 0.717) is 24.4 Å². The van der Waals surface area contributed by atoms with E-state index in [0.717, 1.165) is 11.4 Å². The van der Waals surface area contributed by atoms with Gasteiger partial charge in [0.15, 0.2) is 6.61 Å². The first-order valence-corrected chi connectivity index (χ1v) is 11.2. The fraction of sp³-hybridized carbons (Fsp3) is 0.542. The average Bonchev–Trinajstić information content (AvgIpc) is 3.14. The number of aromatic nitrogens is 2. The van der Waals surface area contributed by atoms with Gasteiger partial charge in [0.25, 0.3) is 0 Å². The van der Waals surface area contributed by atoms with Gasteiger partial charge in [-0.2, -0.15) is 0 Å². The third-order valence-corrected chi connectivity index (χ3v) is 5.50. The SMILES string of the molecule is COC(=O)COc1nn(-c2ccc(C(C)C)cc2)c2c1[C@H](CN)N(C(=O)OC(C)(C)C)CC2. The normalized spacial score (nSPS) is 15.9. The van der Waals surface area contributed by atoms with Crippen LogP contribution in [0.3, 0.4) is 0 Å². The van der Waals surface area contributed by atoms with Gasteiger partial charge in [0.1, 0.15) is 5.60 Å². The molecule has 9 heteroatoms. The highest BCUT2D eigenvalue weighted by Crippen LogP contribution is 2.38. The number of amides is 1. The number of fused-ring (bicyclic) bond motifs is 1. The number of nitrogens with zero attached hydrogens (tertiary/aromatic N) is 3. The zero-order valence-electron chi connectivity index (χ0n) is 20.3. The van der Waals surface area contributed by atoms with Crippen molar-refractivity contribution in [3.63, 3.8) is 0 Å². The largest absolute Gasteiger partial charge is 0.466 e. The van der Waals surface area contributed by atoms with Crippen molar-refractivity contribution in [2.45, 2.75) is 58.6 Å². The maximum Gasteiger partial charge on any atom is 0.410 e. The highest BCUT2D eigenvalue weighted by Gasteiger charge is 2.38. The van der Waals surface area contributed by atoms with E-state index in [1.807, 2.05) is 32.9 Å². The Morgan fingerprint density at radius 3 is 2.42 bits per heavy atom. The summed E-state index contributed by atoms with van der Waals surface area (Å²) in [5.41, 5.74) is 9.16. The average molecular weight is 459 g/mol. The van der Waals surface area contributed by atoms with E-state index in [-0.39, 0.29) is 19.0 Å². The van der Waals surface area contributed by atoms with Gasteiger partial charge in [-0.25, -0.2) is 14.3 Å². The van der Waals surface area contributed by atoms with E-state index < -0.39 is 23.7 Å². The summed E-state index contributed by atoms with van der Waals surface area (Å²) in [5, 5.41) is 4.66. The number of hydrogen-bond acceptors (Lipinski definition) is 7. The van der Waals surface area contributed by atoms with Gasteiger partial charge < -0.3 is 19.9 Å². The number of rotatable bonds is 6. The van der Waals surface area contributed by atoms with Crippen molar-refractivity contribution < 1.29 is 23.8 Å². The van der Waals surface area contributed by atoms with Crippen LogP contribution in [0.5, 0.6) is 5.88 Å². The fourth-order valence-electron chi connectivity index (χ4n) is 3.85. The first-order chi connectivity index (χ1) is 15.6. The predicted molar refractivity (Wildman–Crippen MR) is 124 cm³/mol. The summed E-state index contributed by atoms with van der Waals surface area (Å²) in [7, 11) is 1.29. The van der Waals surface area contributed by atoms with Crippen LogP contribution in [0.1, 0.15) is 63.4 Å². The molecule has 180 valence electrons. The summed E-state index contributed by atoms with van der Waals surface area (Å²) in [6.07, 6.45) is 0.0857. The second-order valence-corrected chi connectivity index (χ2v) is 9.36. The second kappa shape index (κ2) is 9.82. The molecule has 1 amide bonds. The lowest BCUT2D eigenvalue weighted by molar-refractivity contribution is -0.143. The van der Waals surface area contributed by atoms with Crippen LogP contribution in [0.15, 0.2) is 24.3 Å². The van der Waals surface area contributed by atoms with E-state index in [4.69, 9.17) is 19.9 Å². The van der Waals surface area contributed by atoms with E-state index in [9.17, 15) is 9.59 Å². The molecule has 1 atom stereocenters. The molecule has 33 heavy (non-hydrogen) atoms. The van der Waals surface area contributed by atoms with Crippen LogP contribution in [-0.2, 0) is 20.7 Å². The molecule has 0 bridgehead atoms. The Bertz CT molecular complexity index is 992. The summed E-state index contributed by atoms with van der Waals surface area (Å²) in [6, 6.07) is 7.65. The van der Waals surface area contributed by atoms with Crippen molar-refractivity contribution in [2.75, 3.05) is 26.8 Å². The number of benzene rings is 1. The first kappa shape index (κ1) is 24.6. The van der Waals surface area contributed by atoms with Gasteiger partial charge in [-0.15, -0.1) is 5.10 Å². The lowest BCUT2D eigenvalue weighted by atomic mass is 9.98. The van der Waals surface area contributed by atoms with Crippen LogP contribution in [0.4, 0.5) is 4.79 Å². The van der Waals surface area contributed by atoms with Crippen molar-refractivity contribution in [3.05, 3.63) is 41.1 Å². The molecule has 1 aromatic heterocycles. The number of ether oxygens (including phenoxy) is 3. The van der Waals surface area contributed by atoms with Crippen molar-refractivity contribution in [1.82, 2.24) is 14.7 Å². The highest BCUT2D eigenvalue weighted by atomic mass is 16.6. The predicted octanol–water partition coefficient (Wildman–Crippen LogP) is 3.34. The number of carbonyl (C=O) groups is 2. The molecule has 1 aliphatic rings. The molecule has 0 aliphatic carbocycles. The number of methoxy groups -OCH3 is 1. The zero-order valence-corrected chi connectivity index (χ0v) is 20.3. The van der Waals surface area contributed by atoms with E-state index in [1.54, 1.807) is 9.58 Å². The quantitative estimate of drug-likeness (QED) is 0.661. The fourth-order valence-corrected chi connectivity index (χ4v) is 3.85. The summed E-state index contributed by atoms with van der Waals surface area (Å²) >= 11 is 0. The molecule has 2 N–H and O–H groups in total. The van der Waals surface area contributed by atoms with Gasteiger partial charge in [-0.1, -0.05) is 26.0 Å². The maximum atomic E-state index is 12.9. The van der Waals surface area contributed by atoms with Gasteiger partial charge in [-0.05, 0) is 44.4 Å². The molecular weight excluding hydrogens is 424 g/mol. The molecule has 3 rings (SSSR count). The van der Waals surface area contributed by atoms with Crippen molar-refractivity contribution in [1.29, 1.82) is 0 Å². The molecule has 0 fully saturated rings. The number of nitrogens with two attached hydrogens (primary N) is 1. The summed E-state index contributed by atoms with van der Waals surface area (Å²) < 4.78 is 17.8. The van der Waals surface area contributed by atoms with E-state index >= 15 is 0 Å².